The zero-order valence-electron chi connectivity index (χ0n) is 10.6. The first-order valence-corrected chi connectivity index (χ1v) is 6.26. The fraction of sp³-hybridized carbons (Fsp3) is 0.538. The highest BCUT2D eigenvalue weighted by atomic mass is 19.2. The van der Waals surface area contributed by atoms with Gasteiger partial charge in [0.1, 0.15) is 0 Å². The molecule has 0 spiro atoms. The van der Waals surface area contributed by atoms with Gasteiger partial charge < -0.3 is 10.2 Å². The lowest BCUT2D eigenvalue weighted by molar-refractivity contribution is 0.246. The topological polar surface area (TPSA) is 18.5 Å². The minimum Gasteiger partial charge on any atom is -0.373 e. The number of rotatable bonds is 4. The summed E-state index contributed by atoms with van der Waals surface area (Å²) in [6.45, 7) is 5.89. The maximum Gasteiger partial charge on any atom is 0.160 e. The molecule has 18 heavy (non-hydrogen) atoms. The van der Waals surface area contributed by atoms with Crippen LogP contribution in [0.3, 0.4) is 0 Å². The zero-order valence-corrected chi connectivity index (χ0v) is 10.6. The largest absolute Gasteiger partial charge is 0.373 e. The van der Waals surface area contributed by atoms with Crippen molar-refractivity contribution < 1.29 is 8.78 Å². The molecule has 0 aliphatic carbocycles. The molecule has 0 bridgehead atoms. The molecule has 3 nitrogen and oxygen atoms in total. The molecule has 0 amide bonds. The fourth-order valence-electron chi connectivity index (χ4n) is 2.08. The standard InChI is InChI=1S/C13H19F2N3/c1-17(8-9-18-6-4-16-5-7-18)11-2-3-12(14)13(15)10-11/h2-3,10,16H,4-9H2,1H3. The van der Waals surface area contributed by atoms with E-state index in [0.717, 1.165) is 39.3 Å². The lowest BCUT2D eigenvalue weighted by atomic mass is 10.2. The number of hydrogen-bond donors (Lipinski definition) is 1. The van der Waals surface area contributed by atoms with E-state index in [2.05, 4.69) is 10.2 Å². The third kappa shape index (κ3) is 3.40. The van der Waals surface area contributed by atoms with Crippen molar-refractivity contribution in [2.45, 2.75) is 0 Å². The van der Waals surface area contributed by atoms with Crippen LogP contribution in [0.2, 0.25) is 0 Å². The monoisotopic (exact) mass is 255 g/mol. The molecule has 1 heterocycles. The Hall–Kier alpha value is -1.20. The van der Waals surface area contributed by atoms with Crippen molar-refractivity contribution in [1.29, 1.82) is 0 Å². The number of halogens is 2. The van der Waals surface area contributed by atoms with Gasteiger partial charge in [-0.1, -0.05) is 0 Å². The molecule has 0 radical (unpaired) electrons. The van der Waals surface area contributed by atoms with Crippen LogP contribution in [0.25, 0.3) is 0 Å². The van der Waals surface area contributed by atoms with Crippen molar-refractivity contribution in [3.8, 4) is 0 Å². The molecule has 1 aliphatic heterocycles. The summed E-state index contributed by atoms with van der Waals surface area (Å²) in [5.74, 6) is -1.59. The number of nitrogens with zero attached hydrogens (tertiary/aromatic N) is 2. The number of nitrogens with one attached hydrogen (secondary N) is 1. The van der Waals surface area contributed by atoms with E-state index in [-0.39, 0.29) is 0 Å². The van der Waals surface area contributed by atoms with Crippen LogP contribution in [-0.2, 0) is 0 Å². The Morgan fingerprint density at radius 1 is 1.22 bits per heavy atom. The van der Waals surface area contributed by atoms with Crippen LogP contribution in [0.4, 0.5) is 14.5 Å². The predicted molar refractivity (Wildman–Crippen MR) is 68.9 cm³/mol. The fourth-order valence-corrected chi connectivity index (χ4v) is 2.08. The van der Waals surface area contributed by atoms with Gasteiger partial charge in [0.2, 0.25) is 0 Å². The molecule has 1 fully saturated rings. The summed E-state index contributed by atoms with van der Waals surface area (Å²) in [4.78, 5) is 4.32. The molecule has 1 aromatic carbocycles. The maximum absolute atomic E-state index is 13.1. The van der Waals surface area contributed by atoms with Crippen LogP contribution in [0, 0.1) is 11.6 Å². The van der Waals surface area contributed by atoms with Crippen molar-refractivity contribution in [2.75, 3.05) is 51.2 Å². The molecule has 1 aliphatic rings. The summed E-state index contributed by atoms with van der Waals surface area (Å²) in [6, 6.07) is 4.02. The molecule has 5 heteroatoms. The van der Waals surface area contributed by atoms with Crippen molar-refractivity contribution in [3.63, 3.8) is 0 Å². The highest BCUT2D eigenvalue weighted by Gasteiger charge is 2.11. The molecule has 2 rings (SSSR count). The van der Waals surface area contributed by atoms with E-state index in [0.29, 0.717) is 5.69 Å². The molecule has 1 aromatic rings. The van der Waals surface area contributed by atoms with Gasteiger partial charge in [-0.05, 0) is 12.1 Å². The Labute approximate surface area is 106 Å². The first-order chi connectivity index (χ1) is 8.66. The molecular weight excluding hydrogens is 236 g/mol. The molecule has 1 saturated heterocycles. The van der Waals surface area contributed by atoms with E-state index in [1.165, 1.54) is 12.1 Å². The van der Waals surface area contributed by atoms with Crippen LogP contribution >= 0.6 is 0 Å². The third-order valence-electron chi connectivity index (χ3n) is 3.31. The summed E-state index contributed by atoms with van der Waals surface area (Å²) < 4.78 is 25.9. The van der Waals surface area contributed by atoms with E-state index >= 15 is 0 Å². The summed E-state index contributed by atoms with van der Waals surface area (Å²) in [6.07, 6.45) is 0. The van der Waals surface area contributed by atoms with Crippen LogP contribution in [0.15, 0.2) is 18.2 Å². The Morgan fingerprint density at radius 3 is 2.61 bits per heavy atom. The second-order valence-corrected chi connectivity index (χ2v) is 4.61. The number of likely N-dealkylation sites (N-methyl/N-ethyl adjacent to an activating group) is 1. The van der Waals surface area contributed by atoms with Crippen molar-refractivity contribution in [3.05, 3.63) is 29.8 Å². The van der Waals surface area contributed by atoms with Gasteiger partial charge in [-0.2, -0.15) is 0 Å². The molecule has 0 unspecified atom stereocenters. The second kappa shape index (κ2) is 6.11. The number of benzene rings is 1. The van der Waals surface area contributed by atoms with Crippen LogP contribution in [-0.4, -0.2) is 51.2 Å². The average Bonchev–Trinajstić information content (AvgIpc) is 2.40. The average molecular weight is 255 g/mol. The smallest absolute Gasteiger partial charge is 0.160 e. The molecule has 0 atom stereocenters. The number of piperazine rings is 1. The van der Waals surface area contributed by atoms with Crippen LogP contribution in [0.1, 0.15) is 0 Å². The van der Waals surface area contributed by atoms with E-state index in [1.54, 1.807) is 6.07 Å². The van der Waals surface area contributed by atoms with Gasteiger partial charge in [-0.3, -0.25) is 4.90 Å². The van der Waals surface area contributed by atoms with Crippen LogP contribution < -0.4 is 10.2 Å². The van der Waals surface area contributed by atoms with E-state index < -0.39 is 11.6 Å². The molecule has 0 aromatic heterocycles. The third-order valence-corrected chi connectivity index (χ3v) is 3.31. The van der Waals surface area contributed by atoms with Gasteiger partial charge in [0, 0.05) is 58.1 Å². The molecular formula is C13H19F2N3. The SMILES string of the molecule is CN(CCN1CCNCC1)c1ccc(F)c(F)c1. The quantitative estimate of drug-likeness (QED) is 0.875. The van der Waals surface area contributed by atoms with E-state index in [1.807, 2.05) is 11.9 Å². The Balaban J connectivity index is 1.86. The minimum atomic E-state index is -0.797. The lowest BCUT2D eigenvalue weighted by Crippen LogP contribution is -2.46. The summed E-state index contributed by atoms with van der Waals surface area (Å²) in [5.41, 5.74) is 0.712. The number of anilines is 1. The Morgan fingerprint density at radius 2 is 1.94 bits per heavy atom. The molecule has 1 N–H and O–H groups in total. The summed E-state index contributed by atoms with van der Waals surface area (Å²) in [5, 5.41) is 3.30. The van der Waals surface area contributed by atoms with Crippen molar-refractivity contribution in [2.24, 2.45) is 0 Å². The second-order valence-electron chi connectivity index (χ2n) is 4.61. The number of hydrogen-bond acceptors (Lipinski definition) is 3. The van der Waals surface area contributed by atoms with Gasteiger partial charge in [-0.15, -0.1) is 0 Å². The lowest BCUT2D eigenvalue weighted by Gasteiger charge is -2.29. The normalized spacial score (nSPS) is 16.8. The Kier molecular flexibility index (Phi) is 4.49. The first kappa shape index (κ1) is 13.2. The maximum atomic E-state index is 13.1. The molecule has 100 valence electrons. The van der Waals surface area contributed by atoms with E-state index in [9.17, 15) is 8.78 Å². The predicted octanol–water partition coefficient (Wildman–Crippen LogP) is 1.31. The van der Waals surface area contributed by atoms with Gasteiger partial charge in [0.15, 0.2) is 11.6 Å². The van der Waals surface area contributed by atoms with Crippen LogP contribution in [0.5, 0.6) is 0 Å². The summed E-state index contributed by atoms with van der Waals surface area (Å²) >= 11 is 0. The van der Waals surface area contributed by atoms with Gasteiger partial charge in [-0.25, -0.2) is 8.78 Å². The molecule has 0 saturated carbocycles. The van der Waals surface area contributed by atoms with Gasteiger partial charge in [0.25, 0.3) is 0 Å². The first-order valence-electron chi connectivity index (χ1n) is 6.26. The van der Waals surface area contributed by atoms with Gasteiger partial charge >= 0.3 is 0 Å². The van der Waals surface area contributed by atoms with Crippen molar-refractivity contribution in [1.82, 2.24) is 10.2 Å². The minimum absolute atomic E-state index is 0.712. The zero-order chi connectivity index (χ0) is 13.0. The van der Waals surface area contributed by atoms with Crippen molar-refractivity contribution >= 4 is 5.69 Å². The highest BCUT2D eigenvalue weighted by molar-refractivity contribution is 5.45. The Bertz CT molecular complexity index is 392. The summed E-state index contributed by atoms with van der Waals surface area (Å²) in [7, 11) is 1.90. The van der Waals surface area contributed by atoms with Gasteiger partial charge in [0.05, 0.1) is 0 Å². The van der Waals surface area contributed by atoms with E-state index in [4.69, 9.17) is 0 Å². The highest BCUT2D eigenvalue weighted by Crippen LogP contribution is 2.16.